The Morgan fingerprint density at radius 3 is 3.12 bits per heavy atom. The summed E-state index contributed by atoms with van der Waals surface area (Å²) in [5.74, 6) is 0.950. The molecule has 2 aromatic heterocycles. The molecule has 0 fully saturated rings. The van der Waals surface area contributed by atoms with Crippen LogP contribution in [-0.4, -0.2) is 38.5 Å². The lowest BCUT2D eigenvalue weighted by molar-refractivity contribution is 0.812. The fourth-order valence-corrected chi connectivity index (χ4v) is 1.64. The molecule has 0 unspecified atom stereocenters. The number of rotatable bonds is 5. The maximum atomic E-state index is 7.26. The summed E-state index contributed by atoms with van der Waals surface area (Å²) in [5.41, 5.74) is 6.09. The Balaban J connectivity index is 2.29. The third-order valence-corrected chi connectivity index (χ3v) is 2.53. The van der Waals surface area contributed by atoms with Gasteiger partial charge in [0, 0.05) is 31.9 Å². The molecule has 0 aliphatic carbocycles. The van der Waals surface area contributed by atoms with Gasteiger partial charge < -0.3 is 10.6 Å². The third-order valence-electron chi connectivity index (χ3n) is 2.53. The first kappa shape index (κ1) is 11.3. The fourth-order valence-electron chi connectivity index (χ4n) is 1.64. The highest BCUT2D eigenvalue weighted by atomic mass is 15.3. The predicted octanol–water partition coefficient (Wildman–Crippen LogP) is 0.277. The van der Waals surface area contributed by atoms with E-state index in [1.807, 2.05) is 16.2 Å². The van der Waals surface area contributed by atoms with Crippen LogP contribution in [0.25, 0.3) is 5.65 Å². The quantitative estimate of drug-likeness (QED) is 0.571. The minimum atomic E-state index is 0.178. The summed E-state index contributed by atoms with van der Waals surface area (Å²) in [7, 11) is 0. The van der Waals surface area contributed by atoms with Crippen molar-refractivity contribution in [3.8, 4) is 0 Å². The summed E-state index contributed by atoms with van der Waals surface area (Å²) in [4.78, 5) is 6.35. The van der Waals surface area contributed by atoms with Gasteiger partial charge in [0.15, 0.2) is 5.82 Å². The molecule has 0 aliphatic heterocycles. The van der Waals surface area contributed by atoms with Crippen LogP contribution in [-0.2, 0) is 0 Å². The van der Waals surface area contributed by atoms with Gasteiger partial charge in [0.05, 0.1) is 5.84 Å². The molecule has 2 rings (SSSR count). The van der Waals surface area contributed by atoms with Crippen molar-refractivity contribution in [2.45, 2.75) is 13.3 Å². The van der Waals surface area contributed by atoms with Crippen LogP contribution in [0.5, 0.6) is 0 Å². The Hall–Kier alpha value is -2.18. The van der Waals surface area contributed by atoms with Crippen molar-refractivity contribution in [3.63, 3.8) is 0 Å². The van der Waals surface area contributed by atoms with Crippen LogP contribution in [0.4, 0.5) is 5.82 Å². The Labute approximate surface area is 98.8 Å². The van der Waals surface area contributed by atoms with Crippen LogP contribution < -0.4 is 10.6 Å². The van der Waals surface area contributed by atoms with Crippen LogP contribution in [0.3, 0.4) is 0 Å². The number of nitrogens with two attached hydrogens (primary N) is 1. The summed E-state index contributed by atoms with van der Waals surface area (Å²) < 4.78 is 1.82. The summed E-state index contributed by atoms with van der Waals surface area (Å²) in [6.45, 7) is 3.47. The minimum Gasteiger partial charge on any atom is -0.388 e. The lowest BCUT2D eigenvalue weighted by atomic mass is 10.3. The van der Waals surface area contributed by atoms with Gasteiger partial charge in [0.25, 0.3) is 0 Å². The predicted molar refractivity (Wildman–Crippen MR) is 65.2 cm³/mol. The van der Waals surface area contributed by atoms with Gasteiger partial charge in [-0.3, -0.25) is 9.81 Å². The molecule has 0 saturated heterocycles. The largest absolute Gasteiger partial charge is 0.388 e. The molecule has 0 atom stereocenters. The lowest BCUT2D eigenvalue weighted by Gasteiger charge is -2.21. The third kappa shape index (κ3) is 2.32. The molecule has 0 aromatic carbocycles. The van der Waals surface area contributed by atoms with Crippen LogP contribution in [0.15, 0.2) is 18.7 Å². The monoisotopic (exact) mass is 233 g/mol. The Bertz CT molecular complexity index is 518. The van der Waals surface area contributed by atoms with Crippen LogP contribution >= 0.6 is 0 Å². The second-order valence-corrected chi connectivity index (χ2v) is 3.67. The van der Waals surface area contributed by atoms with Gasteiger partial charge in [-0.1, -0.05) is 0 Å². The Morgan fingerprint density at radius 1 is 1.59 bits per heavy atom. The highest BCUT2D eigenvalue weighted by Gasteiger charge is 2.12. The second-order valence-electron chi connectivity index (χ2n) is 3.67. The molecular weight excluding hydrogens is 218 g/mol. The van der Waals surface area contributed by atoms with Gasteiger partial charge in [0.1, 0.15) is 6.33 Å². The first-order valence-electron chi connectivity index (χ1n) is 5.44. The summed E-state index contributed by atoms with van der Waals surface area (Å²) in [5, 5.41) is 15.1. The van der Waals surface area contributed by atoms with Crippen LogP contribution in [0, 0.1) is 5.41 Å². The zero-order valence-corrected chi connectivity index (χ0v) is 9.67. The van der Waals surface area contributed by atoms with Crippen molar-refractivity contribution in [1.29, 1.82) is 5.41 Å². The maximum Gasteiger partial charge on any atom is 0.203 e. The Morgan fingerprint density at radius 2 is 2.41 bits per heavy atom. The number of aromatic nitrogens is 4. The van der Waals surface area contributed by atoms with Crippen molar-refractivity contribution in [1.82, 2.24) is 19.6 Å². The van der Waals surface area contributed by atoms with Gasteiger partial charge in [-0.15, -0.1) is 10.2 Å². The van der Waals surface area contributed by atoms with Crippen molar-refractivity contribution < 1.29 is 0 Å². The number of anilines is 1. The molecule has 0 spiro atoms. The van der Waals surface area contributed by atoms with Gasteiger partial charge >= 0.3 is 0 Å². The van der Waals surface area contributed by atoms with Crippen LogP contribution in [0.1, 0.15) is 13.3 Å². The molecule has 3 N–H and O–H groups in total. The second kappa shape index (κ2) is 4.77. The van der Waals surface area contributed by atoms with Crippen molar-refractivity contribution in [2.24, 2.45) is 5.73 Å². The number of nitrogens with zero attached hydrogens (tertiary/aromatic N) is 5. The molecule has 7 nitrogen and oxygen atoms in total. The zero-order valence-electron chi connectivity index (χ0n) is 9.67. The van der Waals surface area contributed by atoms with Crippen molar-refractivity contribution in [3.05, 3.63) is 18.7 Å². The van der Waals surface area contributed by atoms with E-state index in [0.29, 0.717) is 13.0 Å². The molecule has 0 aliphatic rings. The van der Waals surface area contributed by atoms with E-state index in [2.05, 4.69) is 15.2 Å². The molecule has 0 amide bonds. The zero-order chi connectivity index (χ0) is 12.3. The van der Waals surface area contributed by atoms with Crippen molar-refractivity contribution >= 4 is 17.3 Å². The van der Waals surface area contributed by atoms with E-state index in [1.165, 1.54) is 0 Å². The van der Waals surface area contributed by atoms with Crippen molar-refractivity contribution in [2.75, 3.05) is 18.0 Å². The van der Waals surface area contributed by atoms with E-state index in [-0.39, 0.29) is 5.84 Å². The van der Waals surface area contributed by atoms with E-state index in [1.54, 1.807) is 18.7 Å². The topological polar surface area (TPSA) is 96.2 Å². The van der Waals surface area contributed by atoms with E-state index >= 15 is 0 Å². The number of hydrogen-bond acceptors (Lipinski definition) is 5. The van der Waals surface area contributed by atoms with Gasteiger partial charge in [-0.2, -0.15) is 0 Å². The summed E-state index contributed by atoms with van der Waals surface area (Å²) >= 11 is 0. The normalized spacial score (nSPS) is 10.6. The number of fused-ring (bicyclic) bond motifs is 1. The summed E-state index contributed by atoms with van der Waals surface area (Å²) in [6, 6.07) is 0. The number of amidine groups is 1. The highest BCUT2D eigenvalue weighted by Crippen LogP contribution is 2.15. The molecule has 90 valence electrons. The SMILES string of the molecule is CCN(CCC(=N)N)c1nccn2cnnc12. The van der Waals surface area contributed by atoms with Gasteiger partial charge in [-0.25, -0.2) is 4.98 Å². The average molecular weight is 233 g/mol. The fraction of sp³-hybridized carbons (Fsp3) is 0.400. The first-order valence-corrected chi connectivity index (χ1v) is 5.44. The minimum absolute atomic E-state index is 0.178. The molecule has 2 aromatic rings. The average Bonchev–Trinajstić information content (AvgIpc) is 2.78. The molecule has 0 radical (unpaired) electrons. The molecule has 17 heavy (non-hydrogen) atoms. The molecular formula is C10H15N7. The molecule has 0 saturated carbocycles. The van der Waals surface area contributed by atoms with Gasteiger partial charge in [-0.05, 0) is 6.92 Å². The number of hydrogen-bond donors (Lipinski definition) is 2. The van der Waals surface area contributed by atoms with Crippen LogP contribution in [0.2, 0.25) is 0 Å². The number of nitrogens with one attached hydrogen (secondary N) is 1. The van der Waals surface area contributed by atoms with Gasteiger partial charge in [0.2, 0.25) is 5.65 Å². The van der Waals surface area contributed by atoms with E-state index in [0.717, 1.165) is 18.0 Å². The first-order chi connectivity index (χ1) is 8.22. The molecule has 2 heterocycles. The molecule has 7 heteroatoms. The standard InChI is InChI=1S/C10H15N7/c1-2-16(5-3-8(11)12)9-10-15-14-7-17(10)6-4-13-9/h4,6-7H,2-3,5H2,1H3,(H3,11,12). The molecule has 0 bridgehead atoms. The maximum absolute atomic E-state index is 7.26. The highest BCUT2D eigenvalue weighted by molar-refractivity contribution is 5.77. The Kier molecular flexibility index (Phi) is 3.17. The van der Waals surface area contributed by atoms with E-state index in [9.17, 15) is 0 Å². The smallest absolute Gasteiger partial charge is 0.203 e. The summed E-state index contributed by atoms with van der Waals surface area (Å²) in [6.07, 6.45) is 5.67. The van der Waals surface area contributed by atoms with E-state index in [4.69, 9.17) is 11.1 Å². The van der Waals surface area contributed by atoms with E-state index < -0.39 is 0 Å². The lowest BCUT2D eigenvalue weighted by Crippen LogP contribution is -2.28.